The van der Waals surface area contributed by atoms with Crippen molar-refractivity contribution < 1.29 is 14.7 Å². The molecule has 2 heterocycles. The van der Waals surface area contributed by atoms with Crippen molar-refractivity contribution in [3.63, 3.8) is 0 Å². The van der Waals surface area contributed by atoms with Crippen LogP contribution in [0.5, 0.6) is 0 Å². The molecule has 0 aliphatic heterocycles. The Kier molecular flexibility index (Phi) is 5.78. The van der Waals surface area contributed by atoms with E-state index < -0.39 is 5.97 Å². The number of rotatable bonds is 3. The summed E-state index contributed by atoms with van der Waals surface area (Å²) in [7, 11) is 0. The molecule has 8 nitrogen and oxygen atoms in total. The molecule has 1 saturated carbocycles. The number of halogens is 2. The zero-order chi connectivity index (χ0) is 16.8. The van der Waals surface area contributed by atoms with Crippen LogP contribution in [0.3, 0.4) is 0 Å². The first-order chi connectivity index (χ1) is 11.0. The summed E-state index contributed by atoms with van der Waals surface area (Å²) in [5.74, 6) is -1.28. The number of carboxylic acids is 1. The van der Waals surface area contributed by atoms with E-state index in [9.17, 15) is 9.59 Å². The molecule has 2 aromatic rings. The largest absolute Gasteiger partial charge is 0.477 e. The lowest BCUT2D eigenvalue weighted by Crippen LogP contribution is -2.26. The van der Waals surface area contributed by atoms with E-state index in [-0.39, 0.29) is 22.2 Å². The van der Waals surface area contributed by atoms with Crippen LogP contribution >= 0.6 is 23.2 Å². The Hall–Kier alpha value is -2.32. The van der Waals surface area contributed by atoms with Crippen LogP contribution in [0.25, 0.3) is 0 Å². The highest BCUT2D eigenvalue weighted by molar-refractivity contribution is 6.28. The van der Waals surface area contributed by atoms with Crippen molar-refractivity contribution in [2.75, 3.05) is 0 Å². The van der Waals surface area contributed by atoms with E-state index in [0.717, 1.165) is 12.8 Å². The molecule has 0 bridgehead atoms. The zero-order valence-electron chi connectivity index (χ0n) is 11.6. The Morgan fingerprint density at radius 1 is 1.04 bits per heavy atom. The minimum absolute atomic E-state index is 0.0556. The maximum absolute atomic E-state index is 11.4. The predicted molar refractivity (Wildman–Crippen MR) is 81.5 cm³/mol. The minimum atomic E-state index is -1.11. The molecule has 1 fully saturated rings. The average molecular weight is 356 g/mol. The van der Waals surface area contributed by atoms with Gasteiger partial charge in [0.15, 0.2) is 5.69 Å². The molecule has 23 heavy (non-hydrogen) atoms. The van der Waals surface area contributed by atoms with Crippen molar-refractivity contribution >= 4 is 35.1 Å². The summed E-state index contributed by atoms with van der Waals surface area (Å²) < 4.78 is 0. The SMILES string of the molecule is O=C(NC1CC1)c1ccnc(Cl)n1.O=C(O)c1ccnc(Cl)n1. The van der Waals surface area contributed by atoms with Crippen LogP contribution in [-0.2, 0) is 0 Å². The molecule has 0 spiro atoms. The van der Waals surface area contributed by atoms with Crippen molar-refractivity contribution in [3.05, 3.63) is 46.5 Å². The molecule has 0 saturated heterocycles. The van der Waals surface area contributed by atoms with Gasteiger partial charge in [-0.05, 0) is 48.2 Å². The smallest absolute Gasteiger partial charge is 0.354 e. The number of amides is 1. The summed E-state index contributed by atoms with van der Waals surface area (Å²) in [6, 6.07) is 3.15. The van der Waals surface area contributed by atoms with Crippen LogP contribution in [0.15, 0.2) is 24.5 Å². The van der Waals surface area contributed by atoms with Crippen LogP contribution in [0.2, 0.25) is 10.6 Å². The van der Waals surface area contributed by atoms with E-state index >= 15 is 0 Å². The van der Waals surface area contributed by atoms with Crippen molar-refractivity contribution in [3.8, 4) is 0 Å². The predicted octanol–water partition coefficient (Wildman–Crippen LogP) is 1.85. The molecule has 1 aliphatic rings. The molecule has 0 radical (unpaired) electrons. The fourth-order valence-electron chi connectivity index (χ4n) is 1.40. The Labute approximate surface area is 140 Å². The first-order valence-corrected chi connectivity index (χ1v) is 7.22. The Morgan fingerprint density at radius 3 is 2.00 bits per heavy atom. The van der Waals surface area contributed by atoms with E-state index in [4.69, 9.17) is 28.3 Å². The van der Waals surface area contributed by atoms with E-state index in [2.05, 4.69) is 25.3 Å². The first-order valence-electron chi connectivity index (χ1n) is 6.47. The third-order valence-electron chi connectivity index (χ3n) is 2.62. The monoisotopic (exact) mass is 355 g/mol. The fourth-order valence-corrected chi connectivity index (χ4v) is 1.70. The number of hydrogen-bond donors (Lipinski definition) is 2. The molecule has 2 N–H and O–H groups in total. The molecule has 0 unspecified atom stereocenters. The Morgan fingerprint density at radius 2 is 1.57 bits per heavy atom. The highest BCUT2D eigenvalue weighted by atomic mass is 35.5. The number of carbonyl (C=O) groups is 2. The minimum Gasteiger partial charge on any atom is -0.477 e. The van der Waals surface area contributed by atoms with Crippen LogP contribution in [-0.4, -0.2) is 43.0 Å². The summed E-state index contributed by atoms with van der Waals surface area (Å²) in [6.07, 6.45) is 4.88. The van der Waals surface area contributed by atoms with Gasteiger partial charge in [-0.3, -0.25) is 4.79 Å². The van der Waals surface area contributed by atoms with Gasteiger partial charge in [0.1, 0.15) is 5.69 Å². The van der Waals surface area contributed by atoms with Gasteiger partial charge in [-0.25, -0.2) is 24.7 Å². The topological polar surface area (TPSA) is 118 Å². The van der Waals surface area contributed by atoms with Gasteiger partial charge in [0.25, 0.3) is 5.91 Å². The van der Waals surface area contributed by atoms with Gasteiger partial charge in [-0.2, -0.15) is 0 Å². The van der Waals surface area contributed by atoms with Gasteiger partial charge < -0.3 is 10.4 Å². The molecule has 10 heteroatoms. The molecule has 0 atom stereocenters. The van der Waals surface area contributed by atoms with E-state index in [1.807, 2.05) is 0 Å². The standard InChI is InChI=1S/C8H8ClN3O.C5H3ClN2O2/c9-8-10-4-3-6(12-8)7(13)11-5-1-2-5;6-5-7-2-1-3(8-5)4(9)10/h3-5H,1-2H2,(H,11,13);1-2H,(H,9,10). The number of aromatic carboxylic acids is 1. The van der Waals surface area contributed by atoms with E-state index in [0.29, 0.717) is 11.7 Å². The number of carbonyl (C=O) groups excluding carboxylic acids is 1. The van der Waals surface area contributed by atoms with E-state index in [1.54, 1.807) is 6.07 Å². The fraction of sp³-hybridized carbons (Fsp3) is 0.231. The van der Waals surface area contributed by atoms with E-state index in [1.165, 1.54) is 18.5 Å². The van der Waals surface area contributed by atoms with Crippen molar-refractivity contribution in [2.24, 2.45) is 0 Å². The summed E-state index contributed by atoms with van der Waals surface area (Å²) in [5, 5.41) is 11.2. The third-order valence-corrected chi connectivity index (χ3v) is 2.98. The number of carboxylic acid groups (broad SMARTS) is 1. The summed E-state index contributed by atoms with van der Waals surface area (Å²) >= 11 is 10.8. The molecular formula is C13H11Cl2N5O3. The molecule has 0 aromatic carbocycles. The van der Waals surface area contributed by atoms with Gasteiger partial charge >= 0.3 is 5.97 Å². The quantitative estimate of drug-likeness (QED) is 0.806. The number of nitrogens with zero attached hydrogens (tertiary/aromatic N) is 4. The average Bonchev–Trinajstić information content (AvgIpc) is 3.32. The lowest BCUT2D eigenvalue weighted by molar-refractivity contribution is 0.0690. The summed E-state index contributed by atoms with van der Waals surface area (Å²) in [6.45, 7) is 0. The molecule has 1 aliphatic carbocycles. The third kappa shape index (κ3) is 5.76. The Bertz CT molecular complexity index is 724. The maximum Gasteiger partial charge on any atom is 0.354 e. The second kappa shape index (κ2) is 7.80. The number of hydrogen-bond acceptors (Lipinski definition) is 6. The van der Waals surface area contributed by atoms with Crippen LogP contribution < -0.4 is 5.32 Å². The summed E-state index contributed by atoms with van der Waals surface area (Å²) in [4.78, 5) is 36.0. The van der Waals surface area contributed by atoms with Crippen molar-refractivity contribution in [1.82, 2.24) is 25.3 Å². The van der Waals surface area contributed by atoms with Crippen molar-refractivity contribution in [2.45, 2.75) is 18.9 Å². The zero-order valence-corrected chi connectivity index (χ0v) is 13.1. The second-order valence-corrected chi connectivity index (χ2v) is 5.15. The van der Waals surface area contributed by atoms with Gasteiger partial charge in [-0.15, -0.1) is 0 Å². The molecule has 1 amide bonds. The highest BCUT2D eigenvalue weighted by Crippen LogP contribution is 2.19. The Balaban J connectivity index is 0.000000174. The van der Waals surface area contributed by atoms with Gasteiger partial charge in [0, 0.05) is 18.4 Å². The maximum atomic E-state index is 11.4. The molecular weight excluding hydrogens is 345 g/mol. The van der Waals surface area contributed by atoms with Crippen LogP contribution in [0, 0.1) is 0 Å². The highest BCUT2D eigenvalue weighted by Gasteiger charge is 2.24. The molecule has 2 aromatic heterocycles. The van der Waals surface area contributed by atoms with Crippen LogP contribution in [0.1, 0.15) is 33.8 Å². The summed E-state index contributed by atoms with van der Waals surface area (Å²) in [5.41, 5.74) is 0.229. The molecule has 3 rings (SSSR count). The normalized spacial score (nSPS) is 12.8. The van der Waals surface area contributed by atoms with Gasteiger partial charge in [0.2, 0.25) is 10.6 Å². The van der Waals surface area contributed by atoms with Gasteiger partial charge in [0.05, 0.1) is 0 Å². The lowest BCUT2D eigenvalue weighted by atomic mass is 10.4. The van der Waals surface area contributed by atoms with Gasteiger partial charge in [-0.1, -0.05) is 0 Å². The number of aromatic nitrogens is 4. The lowest BCUT2D eigenvalue weighted by Gasteiger charge is -2.01. The van der Waals surface area contributed by atoms with Crippen molar-refractivity contribution in [1.29, 1.82) is 0 Å². The number of nitrogens with one attached hydrogen (secondary N) is 1. The van der Waals surface area contributed by atoms with Crippen LogP contribution in [0.4, 0.5) is 0 Å². The first kappa shape index (κ1) is 17.0. The second-order valence-electron chi connectivity index (χ2n) is 4.47. The molecule has 120 valence electrons.